The van der Waals surface area contributed by atoms with Gasteiger partial charge in [-0.3, -0.25) is 4.79 Å². The molecule has 2 saturated heterocycles. The Kier molecular flexibility index (Phi) is 7.04. The number of alkyl halides is 3. The van der Waals surface area contributed by atoms with E-state index in [0.29, 0.717) is 38.5 Å². The number of hydrogen-bond donors (Lipinski definition) is 0. The molecule has 35 heavy (non-hydrogen) atoms. The number of nitriles is 1. The van der Waals surface area contributed by atoms with Crippen molar-refractivity contribution in [3.63, 3.8) is 0 Å². The van der Waals surface area contributed by atoms with Crippen LogP contribution in [-0.2, 0) is 22.1 Å². The van der Waals surface area contributed by atoms with E-state index in [4.69, 9.17) is 10.00 Å². The molecule has 4 rings (SSSR count). The fraction of sp³-hybridized carbons (Fsp3) is 0.462. The molecule has 2 heterocycles. The van der Waals surface area contributed by atoms with E-state index in [1.54, 1.807) is 31.4 Å². The number of halogens is 4. The van der Waals surface area contributed by atoms with Gasteiger partial charge < -0.3 is 14.5 Å². The highest BCUT2D eigenvalue weighted by Gasteiger charge is 2.48. The Balaban J connectivity index is 1.48. The largest absolute Gasteiger partial charge is 0.417 e. The van der Waals surface area contributed by atoms with Gasteiger partial charge in [0.15, 0.2) is 0 Å². The van der Waals surface area contributed by atoms with Gasteiger partial charge in [-0.05, 0) is 54.2 Å². The van der Waals surface area contributed by atoms with Crippen molar-refractivity contribution >= 4 is 11.6 Å². The fourth-order valence-electron chi connectivity index (χ4n) is 5.38. The van der Waals surface area contributed by atoms with E-state index in [-0.39, 0.29) is 29.5 Å². The summed E-state index contributed by atoms with van der Waals surface area (Å²) in [7, 11) is 1.61. The number of piperidine rings is 1. The number of anilines is 1. The molecule has 0 aromatic heterocycles. The average molecular weight is 490 g/mol. The van der Waals surface area contributed by atoms with E-state index in [0.717, 1.165) is 24.5 Å². The molecule has 0 N–H and O–H groups in total. The first-order chi connectivity index (χ1) is 16.6. The Labute approximate surface area is 201 Å². The van der Waals surface area contributed by atoms with Gasteiger partial charge in [-0.1, -0.05) is 12.1 Å². The van der Waals surface area contributed by atoms with Gasteiger partial charge in [-0.2, -0.15) is 18.4 Å². The minimum atomic E-state index is -4.61. The van der Waals surface area contributed by atoms with Crippen molar-refractivity contribution in [3.05, 3.63) is 65.0 Å². The summed E-state index contributed by atoms with van der Waals surface area (Å²) in [6.45, 7) is 2.68. The van der Waals surface area contributed by atoms with Crippen LogP contribution in [0.5, 0.6) is 0 Å². The molecule has 0 radical (unpaired) electrons. The zero-order chi connectivity index (χ0) is 25.2. The number of benzene rings is 2. The SMILES string of the molecule is COCC1CN(c2ccc(C#N)c(C(F)(F)F)c2)CC12CCN(C(=O)Cc1ccc(F)cc1)CC2. The molecule has 0 saturated carbocycles. The highest BCUT2D eigenvalue weighted by Crippen LogP contribution is 2.47. The van der Waals surface area contributed by atoms with Crippen LogP contribution in [0, 0.1) is 28.5 Å². The standard InChI is InChI=1S/C26H27F4N3O2/c1-35-16-20-15-33(22-7-4-19(14-31)23(13-22)26(28,29)30)17-25(20)8-10-32(11-9-25)24(34)12-18-2-5-21(27)6-3-18/h2-7,13,20H,8-12,15-17H2,1H3. The fourth-order valence-corrected chi connectivity index (χ4v) is 5.38. The second-order valence-corrected chi connectivity index (χ2v) is 9.42. The van der Waals surface area contributed by atoms with E-state index < -0.39 is 17.3 Å². The summed E-state index contributed by atoms with van der Waals surface area (Å²) >= 11 is 0. The maximum absolute atomic E-state index is 13.5. The van der Waals surface area contributed by atoms with Crippen LogP contribution < -0.4 is 4.90 Å². The average Bonchev–Trinajstić information content (AvgIpc) is 3.17. The van der Waals surface area contributed by atoms with Gasteiger partial charge in [-0.25, -0.2) is 4.39 Å². The molecule has 2 aliphatic heterocycles. The van der Waals surface area contributed by atoms with Gasteiger partial charge >= 0.3 is 6.18 Å². The number of rotatable bonds is 5. The van der Waals surface area contributed by atoms with Crippen LogP contribution >= 0.6 is 0 Å². The van der Waals surface area contributed by atoms with E-state index in [1.165, 1.54) is 18.2 Å². The van der Waals surface area contributed by atoms with Crippen LogP contribution in [0.3, 0.4) is 0 Å². The Bertz CT molecular complexity index is 1100. The molecule has 5 nitrogen and oxygen atoms in total. The van der Waals surface area contributed by atoms with Gasteiger partial charge in [0.2, 0.25) is 5.91 Å². The van der Waals surface area contributed by atoms with Crippen LogP contribution in [0.1, 0.15) is 29.5 Å². The number of carbonyl (C=O) groups excluding carboxylic acids is 1. The summed E-state index contributed by atoms with van der Waals surface area (Å²) in [5, 5.41) is 9.09. The predicted octanol–water partition coefficient (Wildman–Crippen LogP) is 4.65. The maximum Gasteiger partial charge on any atom is 0.417 e. The van der Waals surface area contributed by atoms with Crippen molar-refractivity contribution in [1.29, 1.82) is 5.26 Å². The minimum absolute atomic E-state index is 0.0217. The summed E-state index contributed by atoms with van der Waals surface area (Å²) in [5.74, 6) is -0.265. The van der Waals surface area contributed by atoms with Crippen molar-refractivity contribution in [2.24, 2.45) is 11.3 Å². The summed E-state index contributed by atoms with van der Waals surface area (Å²) in [4.78, 5) is 16.6. The zero-order valence-corrected chi connectivity index (χ0v) is 19.4. The predicted molar refractivity (Wildman–Crippen MR) is 122 cm³/mol. The molecule has 2 fully saturated rings. The molecule has 0 bridgehead atoms. The number of likely N-dealkylation sites (tertiary alicyclic amines) is 1. The van der Waals surface area contributed by atoms with Gasteiger partial charge in [0.1, 0.15) is 5.82 Å². The van der Waals surface area contributed by atoms with E-state index in [2.05, 4.69) is 0 Å². The molecule has 1 amide bonds. The molecule has 1 unspecified atom stereocenters. The summed E-state index contributed by atoms with van der Waals surface area (Å²) in [6, 6.07) is 11.4. The smallest absolute Gasteiger partial charge is 0.384 e. The van der Waals surface area contributed by atoms with Crippen LogP contribution in [0.2, 0.25) is 0 Å². The van der Waals surface area contributed by atoms with E-state index in [1.807, 2.05) is 9.80 Å². The third kappa shape index (κ3) is 5.27. The lowest BCUT2D eigenvalue weighted by molar-refractivity contribution is -0.137. The summed E-state index contributed by atoms with van der Waals surface area (Å²) < 4.78 is 59.1. The molecule has 2 aliphatic rings. The number of carbonyl (C=O) groups is 1. The molecule has 0 aliphatic carbocycles. The van der Waals surface area contributed by atoms with Crippen LogP contribution in [0.25, 0.3) is 0 Å². The molecule has 1 atom stereocenters. The first-order valence-electron chi connectivity index (χ1n) is 11.5. The van der Waals surface area contributed by atoms with Crippen molar-refractivity contribution in [2.75, 3.05) is 44.8 Å². The van der Waals surface area contributed by atoms with E-state index >= 15 is 0 Å². The molecule has 186 valence electrons. The number of nitrogens with zero attached hydrogens (tertiary/aromatic N) is 3. The number of hydrogen-bond acceptors (Lipinski definition) is 4. The molecular weight excluding hydrogens is 462 g/mol. The highest BCUT2D eigenvalue weighted by molar-refractivity contribution is 5.78. The second-order valence-electron chi connectivity index (χ2n) is 9.42. The second kappa shape index (κ2) is 9.86. The molecule has 2 aromatic carbocycles. The quantitative estimate of drug-likeness (QED) is 0.574. The minimum Gasteiger partial charge on any atom is -0.384 e. The third-order valence-electron chi connectivity index (χ3n) is 7.36. The summed E-state index contributed by atoms with van der Waals surface area (Å²) in [6.07, 6.45) is -2.98. The number of amides is 1. The van der Waals surface area contributed by atoms with Gasteiger partial charge in [0.25, 0.3) is 0 Å². The lowest BCUT2D eigenvalue weighted by Gasteiger charge is -2.42. The van der Waals surface area contributed by atoms with Crippen LogP contribution in [0.15, 0.2) is 42.5 Å². The van der Waals surface area contributed by atoms with Gasteiger partial charge in [0.05, 0.1) is 30.2 Å². The molecule has 9 heteroatoms. The Hall–Kier alpha value is -3.12. The molecular formula is C26H27F4N3O2. The van der Waals surface area contributed by atoms with Crippen LogP contribution in [0.4, 0.5) is 23.2 Å². The van der Waals surface area contributed by atoms with Crippen molar-refractivity contribution in [1.82, 2.24) is 4.90 Å². The lowest BCUT2D eigenvalue weighted by atomic mass is 9.71. The monoisotopic (exact) mass is 489 g/mol. The topological polar surface area (TPSA) is 56.6 Å². The molecule has 2 aromatic rings. The zero-order valence-electron chi connectivity index (χ0n) is 19.4. The van der Waals surface area contributed by atoms with Crippen molar-refractivity contribution in [2.45, 2.75) is 25.4 Å². The first-order valence-corrected chi connectivity index (χ1v) is 11.5. The van der Waals surface area contributed by atoms with Gasteiger partial charge in [0, 0.05) is 44.9 Å². The Morgan fingerprint density at radius 1 is 1.17 bits per heavy atom. The Morgan fingerprint density at radius 3 is 2.46 bits per heavy atom. The van der Waals surface area contributed by atoms with Crippen molar-refractivity contribution in [3.8, 4) is 6.07 Å². The van der Waals surface area contributed by atoms with Crippen molar-refractivity contribution < 1.29 is 27.1 Å². The maximum atomic E-state index is 13.5. The normalized spacial score (nSPS) is 19.7. The highest BCUT2D eigenvalue weighted by atomic mass is 19.4. The van der Waals surface area contributed by atoms with Crippen LogP contribution in [-0.4, -0.2) is 50.7 Å². The summed E-state index contributed by atoms with van der Waals surface area (Å²) in [5.41, 5.74) is -0.319. The number of methoxy groups -OCH3 is 1. The van der Waals surface area contributed by atoms with Gasteiger partial charge in [-0.15, -0.1) is 0 Å². The molecule has 1 spiro atoms. The third-order valence-corrected chi connectivity index (χ3v) is 7.36. The Morgan fingerprint density at radius 2 is 1.86 bits per heavy atom. The first kappa shape index (κ1) is 25.0. The lowest BCUT2D eigenvalue weighted by Crippen LogP contribution is -2.47. The number of ether oxygens (including phenoxy) is 1. The van der Waals surface area contributed by atoms with E-state index in [9.17, 15) is 22.4 Å².